The van der Waals surface area contributed by atoms with Gasteiger partial charge in [0, 0.05) is 0 Å². The van der Waals surface area contributed by atoms with E-state index in [0.29, 0.717) is 12.8 Å². The molecule has 0 aromatic carbocycles. The van der Waals surface area contributed by atoms with Crippen molar-refractivity contribution in [3.63, 3.8) is 0 Å². The zero-order valence-corrected chi connectivity index (χ0v) is 55.9. The molecule has 0 radical (unpaired) electrons. The maximum absolute atomic E-state index is 13.3. The fourth-order valence-corrected chi connectivity index (χ4v) is 12.3. The van der Waals surface area contributed by atoms with Gasteiger partial charge in [0.25, 0.3) is 0 Å². The third-order valence-electron chi connectivity index (χ3n) is 18.2. The van der Waals surface area contributed by atoms with Crippen LogP contribution in [-0.2, 0) is 14.3 Å². The minimum absolute atomic E-state index is 0.255. The molecule has 9 atom stereocenters. The van der Waals surface area contributed by atoms with E-state index in [9.17, 15) is 40.5 Å². The first-order chi connectivity index (χ1) is 41.7. The average Bonchev–Trinajstić information content (AvgIpc) is 3.51. The van der Waals surface area contributed by atoms with Crippen molar-refractivity contribution >= 4 is 5.91 Å². The van der Waals surface area contributed by atoms with Gasteiger partial charge in [0.2, 0.25) is 5.91 Å². The number of carbonyl (C=O) groups excluding carboxylic acids is 1. The Labute approximate surface area is 524 Å². The van der Waals surface area contributed by atoms with Crippen LogP contribution in [0, 0.1) is 0 Å². The Morgan fingerprint density at radius 2 is 0.694 bits per heavy atom. The molecule has 0 aliphatic carbocycles. The van der Waals surface area contributed by atoms with Gasteiger partial charge in [-0.2, -0.15) is 0 Å². The lowest BCUT2D eigenvalue weighted by Crippen LogP contribution is -2.60. The Balaban J connectivity index is 2.19. The highest BCUT2D eigenvalue weighted by atomic mass is 16.7. The molecule has 0 aromatic rings. The van der Waals surface area contributed by atoms with E-state index in [-0.39, 0.29) is 12.8 Å². The predicted octanol–water partition coefficient (Wildman–Crippen LogP) is 18.4. The molecule has 1 fully saturated rings. The van der Waals surface area contributed by atoms with Gasteiger partial charge in [0.05, 0.1) is 25.4 Å². The van der Waals surface area contributed by atoms with Gasteiger partial charge >= 0.3 is 0 Å². The highest BCUT2D eigenvalue weighted by Crippen LogP contribution is 2.24. The highest BCUT2D eigenvalue weighted by Gasteiger charge is 2.44. The quantitative estimate of drug-likeness (QED) is 0.0215. The van der Waals surface area contributed by atoms with Crippen molar-refractivity contribution in [2.24, 2.45) is 0 Å². The van der Waals surface area contributed by atoms with Crippen molar-refractivity contribution in [2.75, 3.05) is 13.2 Å². The van der Waals surface area contributed by atoms with E-state index in [2.05, 4.69) is 43.5 Å². The lowest BCUT2D eigenvalue weighted by atomic mass is 9.98. The summed E-state index contributed by atoms with van der Waals surface area (Å²) in [6.07, 6.45) is 68.5. The first kappa shape index (κ1) is 81.6. The van der Waals surface area contributed by atoms with Gasteiger partial charge in [-0.15, -0.1) is 0 Å². The number of amides is 1. The van der Waals surface area contributed by atoms with E-state index >= 15 is 0 Å². The molecule has 0 aromatic heterocycles. The van der Waals surface area contributed by atoms with Crippen molar-refractivity contribution < 1.29 is 50.0 Å². The Bertz CT molecular complexity index is 1430. The summed E-state index contributed by atoms with van der Waals surface area (Å²) in [5, 5.41) is 76.6. The molecule has 1 aliphatic heterocycles. The molecular formula is C74H143NO10. The van der Waals surface area contributed by atoms with Crippen LogP contribution in [0.5, 0.6) is 0 Å². The van der Waals surface area contributed by atoms with Gasteiger partial charge in [-0.3, -0.25) is 4.79 Å². The third kappa shape index (κ3) is 50.0. The lowest BCUT2D eigenvalue weighted by Gasteiger charge is -2.40. The number of aliphatic hydroxyl groups excluding tert-OH is 7. The van der Waals surface area contributed by atoms with Crippen LogP contribution in [0.4, 0.5) is 0 Å². The van der Waals surface area contributed by atoms with Crippen molar-refractivity contribution in [2.45, 2.75) is 428 Å². The third-order valence-corrected chi connectivity index (χ3v) is 18.2. The maximum Gasteiger partial charge on any atom is 0.249 e. The molecule has 504 valence electrons. The number of allylic oxidation sites excluding steroid dienone is 4. The Morgan fingerprint density at radius 1 is 0.400 bits per heavy atom. The van der Waals surface area contributed by atoms with Gasteiger partial charge in [-0.1, -0.05) is 334 Å². The highest BCUT2D eigenvalue weighted by molar-refractivity contribution is 5.80. The van der Waals surface area contributed by atoms with E-state index in [4.69, 9.17) is 9.47 Å². The molecule has 8 N–H and O–H groups in total. The number of hydrogen-bond donors (Lipinski definition) is 8. The molecule has 1 heterocycles. The van der Waals surface area contributed by atoms with Crippen LogP contribution in [0.2, 0.25) is 0 Å². The Hall–Kier alpha value is -1.41. The number of carbonyl (C=O) groups is 1. The Kier molecular flexibility index (Phi) is 60.3. The second kappa shape index (κ2) is 62.8. The normalized spacial score (nSPS) is 18.9. The van der Waals surface area contributed by atoms with Crippen LogP contribution >= 0.6 is 0 Å². The monoisotopic (exact) mass is 1210 g/mol. The van der Waals surface area contributed by atoms with Crippen LogP contribution < -0.4 is 5.32 Å². The van der Waals surface area contributed by atoms with Gasteiger partial charge in [-0.05, 0) is 64.2 Å². The van der Waals surface area contributed by atoms with Crippen LogP contribution in [0.3, 0.4) is 0 Å². The summed E-state index contributed by atoms with van der Waals surface area (Å²) in [6, 6.07) is -1.19. The van der Waals surface area contributed by atoms with Crippen LogP contribution in [0.1, 0.15) is 373 Å². The van der Waals surface area contributed by atoms with Crippen molar-refractivity contribution in [3.05, 3.63) is 24.3 Å². The maximum atomic E-state index is 13.3. The lowest BCUT2D eigenvalue weighted by molar-refractivity contribution is -0.303. The van der Waals surface area contributed by atoms with E-state index in [0.717, 1.165) is 38.5 Å². The van der Waals surface area contributed by atoms with E-state index in [1.54, 1.807) is 0 Å². The summed E-state index contributed by atoms with van der Waals surface area (Å²) in [6.45, 7) is 3.51. The molecule has 0 spiro atoms. The van der Waals surface area contributed by atoms with Crippen molar-refractivity contribution in [1.29, 1.82) is 0 Å². The number of unbranched alkanes of at least 4 members (excludes halogenated alkanes) is 50. The molecule has 11 heteroatoms. The summed E-state index contributed by atoms with van der Waals surface area (Å²) >= 11 is 0. The van der Waals surface area contributed by atoms with Gasteiger partial charge in [0.15, 0.2) is 6.29 Å². The molecule has 11 nitrogen and oxygen atoms in total. The molecule has 9 unspecified atom stereocenters. The summed E-state index contributed by atoms with van der Waals surface area (Å²) in [7, 11) is 0. The summed E-state index contributed by atoms with van der Waals surface area (Å²) in [4.78, 5) is 13.3. The molecular weight excluding hydrogens is 1060 g/mol. The fourth-order valence-electron chi connectivity index (χ4n) is 12.3. The Morgan fingerprint density at radius 3 is 1.01 bits per heavy atom. The minimum Gasteiger partial charge on any atom is -0.394 e. The topological polar surface area (TPSA) is 189 Å². The summed E-state index contributed by atoms with van der Waals surface area (Å²) < 4.78 is 11.2. The van der Waals surface area contributed by atoms with Gasteiger partial charge in [-0.25, -0.2) is 0 Å². The second-order valence-corrected chi connectivity index (χ2v) is 26.4. The van der Waals surface area contributed by atoms with E-state index < -0.39 is 74.2 Å². The second-order valence-electron chi connectivity index (χ2n) is 26.4. The molecule has 1 amide bonds. The molecule has 85 heavy (non-hydrogen) atoms. The molecule has 1 rings (SSSR count). The molecule has 1 saturated heterocycles. The number of ether oxygens (including phenoxy) is 2. The molecule has 1 aliphatic rings. The average molecular weight is 1210 g/mol. The van der Waals surface area contributed by atoms with Crippen molar-refractivity contribution in [3.8, 4) is 0 Å². The first-order valence-corrected chi connectivity index (χ1v) is 37.2. The van der Waals surface area contributed by atoms with Crippen LogP contribution in [-0.4, -0.2) is 110 Å². The molecule has 0 bridgehead atoms. The number of hydrogen-bond acceptors (Lipinski definition) is 10. The number of nitrogens with one attached hydrogen (secondary N) is 1. The standard InChI is InChI=1S/C74H143NO10/c1-3-5-7-9-11-13-15-17-19-21-23-25-27-29-31-32-33-34-36-37-39-41-43-45-47-49-51-53-55-57-59-61-66(77)69(79)65(64-84-74-72(82)71(81)70(80)68(63-76)85-74)75-73(83)67(78)62-60-58-56-54-52-50-48-46-44-42-40-38-35-30-28-26-24-22-20-18-16-14-12-10-8-6-4-2/h30,35,53,55,65-72,74,76-82H,3-29,31-34,36-52,54,56-64H2,1-2H3,(H,75,83)/b35-30-,55-53+. The zero-order chi connectivity index (χ0) is 61.7. The van der Waals surface area contributed by atoms with E-state index in [1.807, 2.05) is 0 Å². The summed E-state index contributed by atoms with van der Waals surface area (Å²) in [5.74, 6) is -0.701. The largest absolute Gasteiger partial charge is 0.394 e. The number of rotatable bonds is 66. The first-order valence-electron chi connectivity index (χ1n) is 37.2. The van der Waals surface area contributed by atoms with Crippen LogP contribution in [0.25, 0.3) is 0 Å². The summed E-state index contributed by atoms with van der Waals surface area (Å²) in [5.41, 5.74) is 0. The fraction of sp³-hybridized carbons (Fsp3) is 0.932. The molecule has 0 saturated carbocycles. The van der Waals surface area contributed by atoms with E-state index in [1.165, 1.54) is 295 Å². The predicted molar refractivity (Wildman–Crippen MR) is 358 cm³/mol. The van der Waals surface area contributed by atoms with Crippen molar-refractivity contribution in [1.82, 2.24) is 5.32 Å². The van der Waals surface area contributed by atoms with Gasteiger partial charge < -0.3 is 50.5 Å². The van der Waals surface area contributed by atoms with Crippen LogP contribution in [0.15, 0.2) is 24.3 Å². The smallest absolute Gasteiger partial charge is 0.249 e. The SMILES string of the molecule is CCCCCCCCCCCCCC/C=C\CCCCCCCCCCCCCC(O)C(=O)NC(COC1OC(CO)C(O)C(O)C1O)C(O)C(O)CCC/C=C/CCCCCCCCCCCCCCCCCCCCCCCCCCCC. The minimum atomic E-state index is -1.67. The zero-order valence-electron chi connectivity index (χ0n) is 55.9. The number of aliphatic hydroxyl groups is 7. The van der Waals surface area contributed by atoms with Gasteiger partial charge in [0.1, 0.15) is 36.6 Å².